The van der Waals surface area contributed by atoms with Crippen LogP contribution in [0.5, 0.6) is 0 Å². The summed E-state index contributed by atoms with van der Waals surface area (Å²) >= 11 is 1.93. The molecule has 0 aromatic heterocycles. The second-order valence-electron chi connectivity index (χ2n) is 4.10. The quantitative estimate of drug-likeness (QED) is 0.788. The van der Waals surface area contributed by atoms with E-state index < -0.39 is 0 Å². The number of hydrogen-bond donors (Lipinski definition) is 1. The maximum absolute atomic E-state index is 13.2. The topological polar surface area (TPSA) is 12.0 Å². The third kappa shape index (κ3) is 2.18. The Balaban J connectivity index is 2.44. The summed E-state index contributed by atoms with van der Waals surface area (Å²) in [5.74, 6) is 2.54. The van der Waals surface area contributed by atoms with Gasteiger partial charge in [0.05, 0.1) is 0 Å². The van der Waals surface area contributed by atoms with E-state index in [4.69, 9.17) is 0 Å². The molecule has 1 nitrogen and oxygen atoms in total. The highest BCUT2D eigenvalue weighted by Crippen LogP contribution is 2.34. The Morgan fingerprint density at radius 3 is 3.00 bits per heavy atom. The van der Waals surface area contributed by atoms with Gasteiger partial charge in [0.25, 0.3) is 0 Å². The van der Waals surface area contributed by atoms with Crippen LogP contribution in [0, 0.1) is 11.7 Å². The lowest BCUT2D eigenvalue weighted by molar-refractivity contribution is 0.448. The first-order valence-electron chi connectivity index (χ1n) is 5.25. The number of rotatable bonds is 1. The van der Waals surface area contributed by atoms with Crippen LogP contribution in [0.3, 0.4) is 0 Å². The van der Waals surface area contributed by atoms with Crippen molar-refractivity contribution < 1.29 is 4.39 Å². The second kappa shape index (κ2) is 4.54. The maximum atomic E-state index is 13.2. The molecular weight excluding hydrogens is 209 g/mol. The smallest absolute Gasteiger partial charge is 0.123 e. The Morgan fingerprint density at radius 2 is 2.27 bits per heavy atom. The molecule has 1 N–H and O–H groups in total. The minimum absolute atomic E-state index is 0.131. The van der Waals surface area contributed by atoms with Gasteiger partial charge in [0.1, 0.15) is 5.82 Å². The molecule has 1 aliphatic heterocycles. The summed E-state index contributed by atoms with van der Waals surface area (Å²) in [7, 11) is 1.95. The van der Waals surface area contributed by atoms with E-state index in [2.05, 4.69) is 12.2 Å². The van der Waals surface area contributed by atoms with Crippen molar-refractivity contribution in [2.75, 3.05) is 12.8 Å². The Bertz CT molecular complexity index is 353. The van der Waals surface area contributed by atoms with E-state index in [1.807, 2.05) is 24.9 Å². The van der Waals surface area contributed by atoms with Gasteiger partial charge in [-0.1, -0.05) is 13.0 Å². The fourth-order valence-electron chi connectivity index (χ4n) is 2.18. The molecule has 15 heavy (non-hydrogen) atoms. The van der Waals surface area contributed by atoms with Gasteiger partial charge >= 0.3 is 0 Å². The molecule has 2 unspecified atom stereocenters. The van der Waals surface area contributed by atoms with Crippen molar-refractivity contribution in [3.63, 3.8) is 0 Å². The number of fused-ring (bicyclic) bond motifs is 1. The molecule has 1 aromatic carbocycles. The fourth-order valence-corrected chi connectivity index (χ4v) is 3.35. The SMILES string of the molecule is CNC1c2cc(F)ccc2CSCC1C. The molecule has 1 aliphatic rings. The van der Waals surface area contributed by atoms with Crippen molar-refractivity contribution in [3.8, 4) is 0 Å². The predicted molar refractivity (Wildman–Crippen MR) is 63.5 cm³/mol. The third-order valence-electron chi connectivity index (χ3n) is 2.96. The van der Waals surface area contributed by atoms with Gasteiger partial charge in [0, 0.05) is 11.8 Å². The summed E-state index contributed by atoms with van der Waals surface area (Å²) in [5.41, 5.74) is 2.40. The van der Waals surface area contributed by atoms with E-state index in [1.165, 1.54) is 5.56 Å². The van der Waals surface area contributed by atoms with E-state index in [-0.39, 0.29) is 11.9 Å². The van der Waals surface area contributed by atoms with Crippen molar-refractivity contribution in [3.05, 3.63) is 35.1 Å². The summed E-state index contributed by atoms with van der Waals surface area (Å²) in [5, 5.41) is 3.30. The molecule has 2 rings (SSSR count). The van der Waals surface area contributed by atoms with E-state index in [1.54, 1.807) is 12.1 Å². The highest BCUT2D eigenvalue weighted by atomic mass is 32.2. The van der Waals surface area contributed by atoms with Gasteiger partial charge in [0.2, 0.25) is 0 Å². The predicted octanol–water partition coefficient (Wildman–Crippen LogP) is 2.97. The van der Waals surface area contributed by atoms with Gasteiger partial charge in [-0.15, -0.1) is 0 Å². The number of thioether (sulfide) groups is 1. The van der Waals surface area contributed by atoms with Crippen LogP contribution in [0.4, 0.5) is 4.39 Å². The highest BCUT2D eigenvalue weighted by Gasteiger charge is 2.23. The normalized spacial score (nSPS) is 25.8. The minimum atomic E-state index is -0.131. The fraction of sp³-hybridized carbons (Fsp3) is 0.500. The first-order chi connectivity index (χ1) is 7.22. The largest absolute Gasteiger partial charge is 0.313 e. The summed E-state index contributed by atoms with van der Waals surface area (Å²) in [6, 6.07) is 5.44. The lowest BCUT2D eigenvalue weighted by Crippen LogP contribution is -2.24. The molecule has 2 atom stereocenters. The number of hydrogen-bond acceptors (Lipinski definition) is 2. The molecule has 82 valence electrons. The Hall–Kier alpha value is -0.540. The van der Waals surface area contributed by atoms with Crippen molar-refractivity contribution in [2.45, 2.75) is 18.7 Å². The summed E-state index contributed by atoms with van der Waals surface area (Å²) in [6.45, 7) is 2.22. The molecule has 0 saturated carbocycles. The van der Waals surface area contributed by atoms with E-state index in [9.17, 15) is 4.39 Å². The molecule has 0 amide bonds. The standard InChI is InChI=1S/C12H16FNS/c1-8-6-15-7-9-3-4-10(13)5-11(9)12(8)14-2/h3-5,8,12,14H,6-7H2,1-2H3. The number of halogens is 1. The molecule has 1 heterocycles. The van der Waals surface area contributed by atoms with Gasteiger partial charge in [-0.2, -0.15) is 11.8 Å². The molecular formula is C12H16FNS. The molecule has 0 aliphatic carbocycles. The minimum Gasteiger partial charge on any atom is -0.313 e. The molecule has 3 heteroatoms. The number of nitrogens with one attached hydrogen (secondary N) is 1. The zero-order valence-electron chi connectivity index (χ0n) is 9.09. The third-order valence-corrected chi connectivity index (χ3v) is 4.24. The van der Waals surface area contributed by atoms with Gasteiger partial charge < -0.3 is 5.32 Å². The molecule has 0 spiro atoms. The van der Waals surface area contributed by atoms with E-state index in [0.717, 1.165) is 17.1 Å². The summed E-state index contributed by atoms with van der Waals surface area (Å²) in [4.78, 5) is 0. The van der Waals surface area contributed by atoms with Gasteiger partial charge in [0.15, 0.2) is 0 Å². The van der Waals surface area contributed by atoms with Crippen molar-refractivity contribution in [1.29, 1.82) is 0 Å². The van der Waals surface area contributed by atoms with Crippen LogP contribution in [0.25, 0.3) is 0 Å². The van der Waals surface area contributed by atoms with Gasteiger partial charge in [-0.25, -0.2) is 4.39 Å². The summed E-state index contributed by atoms with van der Waals surface area (Å²) in [6.07, 6.45) is 0. The van der Waals surface area contributed by atoms with Gasteiger partial charge in [-0.05, 0) is 42.0 Å². The van der Waals surface area contributed by atoms with Crippen LogP contribution in [0.2, 0.25) is 0 Å². The monoisotopic (exact) mass is 225 g/mol. The zero-order valence-corrected chi connectivity index (χ0v) is 9.90. The Kier molecular flexibility index (Phi) is 3.32. The zero-order chi connectivity index (χ0) is 10.8. The summed E-state index contributed by atoms with van der Waals surface area (Å²) < 4.78 is 13.2. The van der Waals surface area contributed by atoms with Crippen LogP contribution in [0.15, 0.2) is 18.2 Å². The van der Waals surface area contributed by atoms with Crippen molar-refractivity contribution in [2.24, 2.45) is 5.92 Å². The Morgan fingerprint density at radius 1 is 1.47 bits per heavy atom. The molecule has 0 fully saturated rings. The lowest BCUT2D eigenvalue weighted by Gasteiger charge is -2.22. The molecule has 0 radical (unpaired) electrons. The lowest BCUT2D eigenvalue weighted by atomic mass is 9.93. The average molecular weight is 225 g/mol. The van der Waals surface area contributed by atoms with Crippen LogP contribution >= 0.6 is 11.8 Å². The average Bonchev–Trinajstić information content (AvgIpc) is 2.36. The molecule has 0 saturated heterocycles. The van der Waals surface area contributed by atoms with Crippen molar-refractivity contribution >= 4 is 11.8 Å². The van der Waals surface area contributed by atoms with Crippen LogP contribution in [-0.2, 0) is 5.75 Å². The van der Waals surface area contributed by atoms with Crippen LogP contribution < -0.4 is 5.32 Å². The Labute approximate surface area is 94.5 Å². The first-order valence-corrected chi connectivity index (χ1v) is 6.41. The highest BCUT2D eigenvalue weighted by molar-refractivity contribution is 7.98. The second-order valence-corrected chi connectivity index (χ2v) is 5.13. The van der Waals surface area contributed by atoms with E-state index >= 15 is 0 Å². The van der Waals surface area contributed by atoms with Crippen molar-refractivity contribution in [1.82, 2.24) is 5.32 Å². The van der Waals surface area contributed by atoms with E-state index in [0.29, 0.717) is 5.92 Å². The molecule has 1 aromatic rings. The van der Waals surface area contributed by atoms with Gasteiger partial charge in [-0.3, -0.25) is 0 Å². The molecule has 0 bridgehead atoms. The van der Waals surface area contributed by atoms with Crippen LogP contribution in [0.1, 0.15) is 24.1 Å². The number of benzene rings is 1. The van der Waals surface area contributed by atoms with Crippen LogP contribution in [-0.4, -0.2) is 12.8 Å². The maximum Gasteiger partial charge on any atom is 0.123 e. The first kappa shape index (κ1) is 11.0.